The Hall–Kier alpha value is -2.57. The minimum absolute atomic E-state index is 0.0199. The van der Waals surface area contributed by atoms with Crippen molar-refractivity contribution in [2.24, 2.45) is 0 Å². The molecule has 1 amide bonds. The Balaban J connectivity index is 1.87. The number of nitrogens with one attached hydrogen (secondary N) is 1. The van der Waals surface area contributed by atoms with Crippen molar-refractivity contribution < 1.29 is 14.6 Å². The fourth-order valence-corrected chi connectivity index (χ4v) is 2.71. The van der Waals surface area contributed by atoms with Crippen molar-refractivity contribution in [1.82, 2.24) is 9.55 Å². The number of para-hydroxylation sites is 2. The minimum Gasteiger partial charge on any atom is -0.495 e. The van der Waals surface area contributed by atoms with Crippen molar-refractivity contribution in [2.45, 2.75) is 13.2 Å². The molecule has 1 heterocycles. The van der Waals surface area contributed by atoms with Gasteiger partial charge in [0.05, 0.1) is 23.8 Å². The van der Waals surface area contributed by atoms with E-state index in [1.807, 2.05) is 24.3 Å². The maximum atomic E-state index is 12.4. The van der Waals surface area contributed by atoms with Crippen LogP contribution >= 0.6 is 11.6 Å². The summed E-state index contributed by atoms with van der Waals surface area (Å²) in [6, 6.07) is 12.4. The van der Waals surface area contributed by atoms with Crippen molar-refractivity contribution >= 4 is 34.2 Å². The van der Waals surface area contributed by atoms with Crippen LogP contribution in [0.3, 0.4) is 0 Å². The molecule has 6 nitrogen and oxygen atoms in total. The topological polar surface area (TPSA) is 76.4 Å². The van der Waals surface area contributed by atoms with Crippen LogP contribution in [0.5, 0.6) is 5.75 Å². The van der Waals surface area contributed by atoms with Gasteiger partial charge in [0.25, 0.3) is 0 Å². The Labute approximate surface area is 143 Å². The molecule has 3 rings (SSSR count). The van der Waals surface area contributed by atoms with Gasteiger partial charge in [-0.15, -0.1) is 0 Å². The van der Waals surface area contributed by atoms with E-state index < -0.39 is 0 Å². The van der Waals surface area contributed by atoms with E-state index in [4.69, 9.17) is 16.3 Å². The number of hydrogen-bond donors (Lipinski definition) is 2. The number of anilines is 1. The zero-order valence-corrected chi connectivity index (χ0v) is 13.7. The molecule has 0 aliphatic rings. The fraction of sp³-hybridized carbons (Fsp3) is 0.176. The van der Waals surface area contributed by atoms with Crippen molar-refractivity contribution in [3.05, 3.63) is 53.3 Å². The van der Waals surface area contributed by atoms with Gasteiger partial charge in [0.1, 0.15) is 24.7 Å². The molecule has 0 atom stereocenters. The van der Waals surface area contributed by atoms with Gasteiger partial charge in [-0.2, -0.15) is 0 Å². The van der Waals surface area contributed by atoms with Crippen LogP contribution in [0.15, 0.2) is 42.5 Å². The number of aromatic nitrogens is 2. The summed E-state index contributed by atoms with van der Waals surface area (Å²) in [6.45, 7) is -0.228. The standard InChI is InChI=1S/C17H16ClN3O3/c1-24-15-7-6-11(18)8-13(15)20-17(23)9-21-14-5-3-2-4-12(14)19-16(21)10-22/h2-8,22H,9-10H2,1H3,(H,20,23). The second-order valence-corrected chi connectivity index (χ2v) is 5.59. The number of carbonyl (C=O) groups excluding carboxylic acids is 1. The Bertz CT molecular complexity index is 892. The van der Waals surface area contributed by atoms with Gasteiger partial charge < -0.3 is 19.7 Å². The molecular formula is C17H16ClN3O3. The van der Waals surface area contributed by atoms with Crippen molar-refractivity contribution in [3.8, 4) is 5.75 Å². The maximum Gasteiger partial charge on any atom is 0.244 e. The van der Waals surface area contributed by atoms with Crippen LogP contribution in [0.1, 0.15) is 5.82 Å². The van der Waals surface area contributed by atoms with Crippen LogP contribution in [0.2, 0.25) is 5.02 Å². The summed E-state index contributed by atoms with van der Waals surface area (Å²) in [5, 5.41) is 12.8. The number of hydrogen-bond acceptors (Lipinski definition) is 4. The molecule has 0 saturated carbocycles. The first-order valence-electron chi connectivity index (χ1n) is 7.30. The fourth-order valence-electron chi connectivity index (χ4n) is 2.53. The lowest BCUT2D eigenvalue weighted by Gasteiger charge is -2.12. The number of methoxy groups -OCH3 is 1. The van der Waals surface area contributed by atoms with Crippen molar-refractivity contribution in [3.63, 3.8) is 0 Å². The van der Waals surface area contributed by atoms with Crippen LogP contribution in [0.25, 0.3) is 11.0 Å². The quantitative estimate of drug-likeness (QED) is 0.745. The molecule has 1 aromatic heterocycles. The molecule has 0 aliphatic heterocycles. The van der Waals surface area contributed by atoms with Crippen LogP contribution in [-0.4, -0.2) is 27.7 Å². The third-order valence-electron chi connectivity index (χ3n) is 3.61. The molecule has 0 radical (unpaired) electrons. The molecule has 0 bridgehead atoms. The van der Waals surface area contributed by atoms with E-state index in [2.05, 4.69) is 10.3 Å². The zero-order valence-electron chi connectivity index (χ0n) is 13.0. The minimum atomic E-state index is -0.270. The second kappa shape index (κ2) is 6.90. The summed E-state index contributed by atoms with van der Waals surface area (Å²) in [4.78, 5) is 16.8. The number of aliphatic hydroxyl groups excluding tert-OH is 1. The Kier molecular flexibility index (Phi) is 4.69. The summed E-state index contributed by atoms with van der Waals surface area (Å²) in [7, 11) is 1.52. The lowest BCUT2D eigenvalue weighted by molar-refractivity contribution is -0.116. The second-order valence-electron chi connectivity index (χ2n) is 5.15. The molecule has 7 heteroatoms. The van der Waals surface area contributed by atoms with E-state index in [-0.39, 0.29) is 19.1 Å². The predicted octanol–water partition coefficient (Wildman–Crippen LogP) is 2.83. The number of ether oxygens (including phenoxy) is 1. The highest BCUT2D eigenvalue weighted by atomic mass is 35.5. The lowest BCUT2D eigenvalue weighted by Crippen LogP contribution is -2.20. The monoisotopic (exact) mass is 345 g/mol. The number of benzene rings is 2. The van der Waals surface area contributed by atoms with Gasteiger partial charge in [-0.1, -0.05) is 23.7 Å². The summed E-state index contributed by atoms with van der Waals surface area (Å²) < 4.78 is 6.90. The average Bonchev–Trinajstić information content (AvgIpc) is 2.93. The Morgan fingerprint density at radius 2 is 2.12 bits per heavy atom. The number of imidazole rings is 1. The molecule has 0 unspecified atom stereocenters. The third kappa shape index (κ3) is 3.20. The van der Waals surface area contributed by atoms with Crippen molar-refractivity contribution in [1.29, 1.82) is 0 Å². The molecule has 3 aromatic rings. The molecule has 2 N–H and O–H groups in total. The Morgan fingerprint density at radius 3 is 2.88 bits per heavy atom. The number of aliphatic hydroxyl groups is 1. The molecule has 0 aliphatic carbocycles. The van der Waals surface area contributed by atoms with E-state index in [1.54, 1.807) is 22.8 Å². The highest BCUT2D eigenvalue weighted by Gasteiger charge is 2.14. The van der Waals surface area contributed by atoms with Gasteiger partial charge >= 0.3 is 0 Å². The lowest BCUT2D eigenvalue weighted by atomic mass is 10.3. The normalized spacial score (nSPS) is 10.8. The summed E-state index contributed by atoms with van der Waals surface area (Å²) in [5.74, 6) is 0.684. The maximum absolute atomic E-state index is 12.4. The summed E-state index contributed by atoms with van der Waals surface area (Å²) >= 11 is 5.97. The molecule has 0 fully saturated rings. The molecular weight excluding hydrogens is 330 g/mol. The summed E-state index contributed by atoms with van der Waals surface area (Å²) in [6.07, 6.45) is 0. The van der Waals surface area contributed by atoms with Gasteiger partial charge in [0.2, 0.25) is 5.91 Å². The highest BCUT2D eigenvalue weighted by molar-refractivity contribution is 6.31. The van der Waals surface area contributed by atoms with Crippen LogP contribution in [0.4, 0.5) is 5.69 Å². The van der Waals surface area contributed by atoms with E-state index in [1.165, 1.54) is 7.11 Å². The van der Waals surface area contributed by atoms with Gasteiger partial charge in [-0.3, -0.25) is 4.79 Å². The summed E-state index contributed by atoms with van der Waals surface area (Å²) in [5.41, 5.74) is 2.01. The van der Waals surface area contributed by atoms with Gasteiger partial charge in [-0.05, 0) is 30.3 Å². The van der Waals surface area contributed by atoms with Gasteiger partial charge in [0.15, 0.2) is 0 Å². The number of fused-ring (bicyclic) bond motifs is 1. The van der Waals surface area contributed by atoms with E-state index in [9.17, 15) is 9.90 Å². The number of amides is 1. The van der Waals surface area contributed by atoms with E-state index in [0.29, 0.717) is 22.3 Å². The van der Waals surface area contributed by atoms with E-state index in [0.717, 1.165) is 11.0 Å². The first kappa shape index (κ1) is 16.3. The zero-order chi connectivity index (χ0) is 17.1. The SMILES string of the molecule is COc1ccc(Cl)cc1NC(=O)Cn1c(CO)nc2ccccc21. The third-order valence-corrected chi connectivity index (χ3v) is 3.85. The number of rotatable bonds is 5. The van der Waals surface area contributed by atoms with Crippen LogP contribution in [0, 0.1) is 0 Å². The first-order chi connectivity index (χ1) is 11.6. The molecule has 2 aromatic carbocycles. The average molecular weight is 346 g/mol. The first-order valence-corrected chi connectivity index (χ1v) is 7.68. The van der Waals surface area contributed by atoms with Gasteiger partial charge in [0, 0.05) is 5.02 Å². The highest BCUT2D eigenvalue weighted by Crippen LogP contribution is 2.27. The Morgan fingerprint density at radius 1 is 1.33 bits per heavy atom. The van der Waals surface area contributed by atoms with Crippen LogP contribution < -0.4 is 10.1 Å². The largest absolute Gasteiger partial charge is 0.495 e. The predicted molar refractivity (Wildman–Crippen MR) is 92.3 cm³/mol. The smallest absolute Gasteiger partial charge is 0.244 e. The molecule has 124 valence electrons. The van der Waals surface area contributed by atoms with Crippen molar-refractivity contribution in [2.75, 3.05) is 12.4 Å². The number of nitrogens with zero attached hydrogens (tertiary/aromatic N) is 2. The molecule has 0 saturated heterocycles. The molecule has 0 spiro atoms. The molecule has 24 heavy (non-hydrogen) atoms. The van der Waals surface area contributed by atoms with Gasteiger partial charge in [-0.25, -0.2) is 4.98 Å². The number of carbonyl (C=O) groups is 1. The van der Waals surface area contributed by atoms with Crippen LogP contribution in [-0.2, 0) is 17.9 Å². The van der Waals surface area contributed by atoms with E-state index >= 15 is 0 Å². The number of halogens is 1.